The summed E-state index contributed by atoms with van der Waals surface area (Å²) < 4.78 is 27.7. The minimum atomic E-state index is -3.75. The first-order valence-electron chi connectivity index (χ1n) is 9.06. The number of benzene rings is 2. The van der Waals surface area contributed by atoms with Gasteiger partial charge in [-0.2, -0.15) is 0 Å². The van der Waals surface area contributed by atoms with E-state index < -0.39 is 15.6 Å². The number of hydrogen-bond acceptors (Lipinski definition) is 4. The van der Waals surface area contributed by atoms with E-state index in [9.17, 15) is 13.2 Å². The third-order valence-electron chi connectivity index (χ3n) is 5.01. The van der Waals surface area contributed by atoms with E-state index in [-0.39, 0.29) is 29.1 Å². The third kappa shape index (κ3) is 5.25. The van der Waals surface area contributed by atoms with Gasteiger partial charge in [0.05, 0.1) is 10.8 Å². The standard InChI is InChI=1S/C20H25N3O3S.ClH/c1-20(21)13-6-5-12-18(20)19(24)22-16-10-7-11-17(14-16)27(25,26)23-15-8-3-2-4-9-15;/h2-4,7-11,14,18,23H,5-6,12-13,21H2,1H3,(H,22,24);1H. The summed E-state index contributed by atoms with van der Waals surface area (Å²) in [4.78, 5) is 12.8. The van der Waals surface area contributed by atoms with Crippen molar-refractivity contribution in [2.45, 2.75) is 43.0 Å². The molecule has 1 aliphatic rings. The number of rotatable bonds is 5. The van der Waals surface area contributed by atoms with E-state index in [2.05, 4.69) is 10.0 Å². The Morgan fingerprint density at radius 1 is 1.07 bits per heavy atom. The van der Waals surface area contributed by atoms with Crippen molar-refractivity contribution in [2.24, 2.45) is 11.7 Å². The molecule has 2 unspecified atom stereocenters. The van der Waals surface area contributed by atoms with Crippen LogP contribution in [0.3, 0.4) is 0 Å². The van der Waals surface area contributed by atoms with E-state index >= 15 is 0 Å². The smallest absolute Gasteiger partial charge is 0.261 e. The molecule has 1 aliphatic carbocycles. The zero-order valence-electron chi connectivity index (χ0n) is 15.7. The van der Waals surface area contributed by atoms with Crippen molar-refractivity contribution >= 4 is 39.7 Å². The number of carbonyl (C=O) groups is 1. The molecule has 1 amide bonds. The fourth-order valence-electron chi connectivity index (χ4n) is 3.48. The normalized spacial score (nSPS) is 22.0. The van der Waals surface area contributed by atoms with Gasteiger partial charge in [-0.15, -0.1) is 12.4 Å². The second-order valence-corrected chi connectivity index (χ2v) is 8.98. The molecule has 0 spiro atoms. The Labute approximate surface area is 172 Å². The molecule has 0 aromatic heterocycles. The maximum atomic E-state index is 12.7. The fraction of sp³-hybridized carbons (Fsp3) is 0.350. The minimum absolute atomic E-state index is 0. The van der Waals surface area contributed by atoms with Crippen LogP contribution in [0.15, 0.2) is 59.5 Å². The molecular weight excluding hydrogens is 398 g/mol. The van der Waals surface area contributed by atoms with Gasteiger partial charge in [-0.25, -0.2) is 8.42 Å². The quantitative estimate of drug-likeness (QED) is 0.681. The lowest BCUT2D eigenvalue weighted by atomic mass is 9.74. The molecule has 0 bridgehead atoms. The van der Waals surface area contributed by atoms with E-state index in [0.717, 1.165) is 25.7 Å². The Bertz CT molecular complexity index is 917. The molecule has 0 heterocycles. The van der Waals surface area contributed by atoms with Crippen LogP contribution in [-0.2, 0) is 14.8 Å². The van der Waals surface area contributed by atoms with E-state index in [1.165, 1.54) is 12.1 Å². The number of nitrogens with one attached hydrogen (secondary N) is 2. The predicted molar refractivity (Wildman–Crippen MR) is 114 cm³/mol. The molecule has 3 rings (SSSR count). The Morgan fingerprint density at radius 3 is 2.43 bits per heavy atom. The molecule has 1 saturated carbocycles. The Kier molecular flexibility index (Phi) is 7.09. The largest absolute Gasteiger partial charge is 0.326 e. The van der Waals surface area contributed by atoms with Crippen LogP contribution in [0.1, 0.15) is 32.6 Å². The van der Waals surface area contributed by atoms with Gasteiger partial charge in [0, 0.05) is 16.9 Å². The van der Waals surface area contributed by atoms with Crippen LogP contribution in [0, 0.1) is 5.92 Å². The van der Waals surface area contributed by atoms with Crippen LogP contribution < -0.4 is 15.8 Å². The lowest BCUT2D eigenvalue weighted by Gasteiger charge is -2.37. The highest BCUT2D eigenvalue weighted by Crippen LogP contribution is 2.32. The van der Waals surface area contributed by atoms with Crippen molar-refractivity contribution in [1.82, 2.24) is 0 Å². The highest BCUT2D eigenvalue weighted by atomic mass is 35.5. The van der Waals surface area contributed by atoms with E-state index in [4.69, 9.17) is 5.73 Å². The number of carbonyl (C=O) groups excluding carboxylic acids is 1. The Hall–Kier alpha value is -2.09. The lowest BCUT2D eigenvalue weighted by Crippen LogP contribution is -2.51. The van der Waals surface area contributed by atoms with Gasteiger partial charge < -0.3 is 11.1 Å². The second kappa shape index (κ2) is 8.94. The molecule has 28 heavy (non-hydrogen) atoms. The van der Waals surface area contributed by atoms with E-state index in [0.29, 0.717) is 11.4 Å². The lowest BCUT2D eigenvalue weighted by molar-refractivity contribution is -0.122. The molecule has 8 heteroatoms. The predicted octanol–water partition coefficient (Wildman–Crippen LogP) is 3.76. The number of halogens is 1. The molecule has 2 aromatic rings. The third-order valence-corrected chi connectivity index (χ3v) is 6.39. The summed E-state index contributed by atoms with van der Waals surface area (Å²) in [7, 11) is -3.75. The van der Waals surface area contributed by atoms with Gasteiger partial charge in [0.1, 0.15) is 0 Å². The molecule has 4 N–H and O–H groups in total. The number of sulfonamides is 1. The molecule has 2 atom stereocenters. The molecule has 0 aliphatic heterocycles. The summed E-state index contributed by atoms with van der Waals surface area (Å²) in [5, 5.41) is 2.83. The van der Waals surface area contributed by atoms with Crippen LogP contribution in [0.2, 0.25) is 0 Å². The summed E-state index contributed by atoms with van der Waals surface area (Å²) in [6.07, 6.45) is 3.54. The molecular formula is C20H26ClN3O3S. The maximum Gasteiger partial charge on any atom is 0.261 e. The van der Waals surface area contributed by atoms with Gasteiger partial charge in [0.15, 0.2) is 0 Å². The Morgan fingerprint density at radius 2 is 1.75 bits per heavy atom. The molecule has 6 nitrogen and oxygen atoms in total. The number of amides is 1. The van der Waals surface area contributed by atoms with Crippen LogP contribution >= 0.6 is 12.4 Å². The van der Waals surface area contributed by atoms with Crippen molar-refractivity contribution < 1.29 is 13.2 Å². The Balaban J connectivity index is 0.00000280. The van der Waals surface area contributed by atoms with Gasteiger partial charge >= 0.3 is 0 Å². The summed E-state index contributed by atoms with van der Waals surface area (Å²) >= 11 is 0. The van der Waals surface area contributed by atoms with Crippen molar-refractivity contribution in [1.29, 1.82) is 0 Å². The number of para-hydroxylation sites is 1. The molecule has 152 valence electrons. The molecule has 0 saturated heterocycles. The van der Waals surface area contributed by atoms with Crippen molar-refractivity contribution in [2.75, 3.05) is 10.0 Å². The van der Waals surface area contributed by atoms with Crippen LogP contribution in [0.4, 0.5) is 11.4 Å². The first-order valence-corrected chi connectivity index (χ1v) is 10.5. The van der Waals surface area contributed by atoms with Crippen LogP contribution in [0.5, 0.6) is 0 Å². The first-order chi connectivity index (χ1) is 12.8. The maximum absolute atomic E-state index is 12.7. The number of hydrogen-bond donors (Lipinski definition) is 3. The van der Waals surface area contributed by atoms with Crippen molar-refractivity contribution in [3.8, 4) is 0 Å². The zero-order valence-corrected chi connectivity index (χ0v) is 17.4. The molecule has 2 aromatic carbocycles. The number of nitrogens with two attached hydrogens (primary N) is 1. The topological polar surface area (TPSA) is 101 Å². The monoisotopic (exact) mass is 423 g/mol. The van der Waals surface area contributed by atoms with Gasteiger partial charge in [0.25, 0.3) is 10.0 Å². The average Bonchev–Trinajstić information content (AvgIpc) is 2.62. The number of anilines is 2. The summed E-state index contributed by atoms with van der Waals surface area (Å²) in [6, 6.07) is 14.9. The van der Waals surface area contributed by atoms with Gasteiger partial charge in [-0.3, -0.25) is 9.52 Å². The summed E-state index contributed by atoms with van der Waals surface area (Å²) in [5.41, 5.74) is 6.68. The summed E-state index contributed by atoms with van der Waals surface area (Å²) in [5.74, 6) is -0.445. The highest BCUT2D eigenvalue weighted by Gasteiger charge is 2.37. The van der Waals surface area contributed by atoms with Gasteiger partial charge in [0.2, 0.25) is 5.91 Å². The SMILES string of the molecule is CC1(N)CCCCC1C(=O)Nc1cccc(S(=O)(=O)Nc2ccccc2)c1.Cl. The molecule has 1 fully saturated rings. The van der Waals surface area contributed by atoms with E-state index in [1.807, 2.05) is 13.0 Å². The first kappa shape index (κ1) is 22.2. The fourth-order valence-corrected chi connectivity index (χ4v) is 4.58. The minimum Gasteiger partial charge on any atom is -0.326 e. The van der Waals surface area contributed by atoms with Crippen molar-refractivity contribution in [3.05, 3.63) is 54.6 Å². The highest BCUT2D eigenvalue weighted by molar-refractivity contribution is 7.92. The van der Waals surface area contributed by atoms with Crippen LogP contribution in [0.25, 0.3) is 0 Å². The van der Waals surface area contributed by atoms with Crippen molar-refractivity contribution in [3.63, 3.8) is 0 Å². The molecule has 0 radical (unpaired) electrons. The summed E-state index contributed by atoms with van der Waals surface area (Å²) in [6.45, 7) is 1.90. The van der Waals surface area contributed by atoms with Crippen LogP contribution in [-0.4, -0.2) is 19.9 Å². The van der Waals surface area contributed by atoms with Gasteiger partial charge in [-0.1, -0.05) is 37.1 Å². The second-order valence-electron chi connectivity index (χ2n) is 7.29. The van der Waals surface area contributed by atoms with E-state index in [1.54, 1.807) is 36.4 Å². The van der Waals surface area contributed by atoms with Gasteiger partial charge in [-0.05, 0) is 50.1 Å². The zero-order chi connectivity index (χ0) is 19.5. The average molecular weight is 424 g/mol.